The lowest BCUT2D eigenvalue weighted by Crippen LogP contribution is -2.48. The summed E-state index contributed by atoms with van der Waals surface area (Å²) in [5, 5.41) is 4.69. The van der Waals surface area contributed by atoms with Crippen LogP contribution in [0.15, 0.2) is 46.7 Å². The molecule has 1 unspecified atom stereocenters. The van der Waals surface area contributed by atoms with E-state index in [0.717, 1.165) is 26.1 Å². The van der Waals surface area contributed by atoms with Gasteiger partial charge in [0.1, 0.15) is 6.04 Å². The quantitative estimate of drug-likeness (QED) is 0.691. The van der Waals surface area contributed by atoms with Gasteiger partial charge in [-0.3, -0.25) is 9.59 Å². The predicted octanol–water partition coefficient (Wildman–Crippen LogP) is 2.32. The molecule has 0 spiro atoms. The number of thiophene rings is 1. The Kier molecular flexibility index (Phi) is 6.94. The van der Waals surface area contributed by atoms with Crippen molar-refractivity contribution in [1.29, 1.82) is 0 Å². The monoisotopic (exact) mass is 476 g/mol. The number of sulfonamides is 1. The smallest absolute Gasteiger partial charge is 0.264 e. The molecule has 2 aliphatic rings. The number of nitrogens with one attached hydrogen (secondary N) is 1. The van der Waals surface area contributed by atoms with Crippen LogP contribution >= 0.6 is 11.3 Å². The van der Waals surface area contributed by atoms with Gasteiger partial charge in [0, 0.05) is 38.4 Å². The van der Waals surface area contributed by atoms with Gasteiger partial charge in [0.25, 0.3) is 5.91 Å². The van der Waals surface area contributed by atoms with Crippen LogP contribution in [0.4, 0.5) is 5.69 Å². The van der Waals surface area contributed by atoms with Crippen LogP contribution in [0.3, 0.4) is 0 Å². The van der Waals surface area contributed by atoms with Crippen molar-refractivity contribution in [2.75, 3.05) is 44.6 Å². The van der Waals surface area contributed by atoms with Gasteiger partial charge in [-0.25, -0.2) is 8.42 Å². The number of hydrogen-bond donors (Lipinski definition) is 1. The maximum absolute atomic E-state index is 12.9. The Morgan fingerprint density at radius 2 is 1.78 bits per heavy atom. The van der Waals surface area contributed by atoms with E-state index in [4.69, 9.17) is 0 Å². The molecule has 172 valence electrons. The van der Waals surface area contributed by atoms with E-state index in [9.17, 15) is 18.0 Å². The van der Waals surface area contributed by atoms with Crippen molar-refractivity contribution in [3.63, 3.8) is 0 Å². The molecule has 8 nitrogen and oxygen atoms in total. The molecule has 0 saturated carbocycles. The van der Waals surface area contributed by atoms with Crippen LogP contribution in [0.1, 0.15) is 29.4 Å². The molecule has 0 bridgehead atoms. The number of amides is 2. The van der Waals surface area contributed by atoms with E-state index in [1.165, 1.54) is 27.8 Å². The molecule has 2 fully saturated rings. The molecule has 1 aromatic carbocycles. The topological polar surface area (TPSA) is 90.0 Å². The molecule has 2 amide bonds. The molecule has 32 heavy (non-hydrogen) atoms. The number of piperazine rings is 1. The summed E-state index contributed by atoms with van der Waals surface area (Å²) in [6.45, 7) is 5.95. The van der Waals surface area contributed by atoms with E-state index >= 15 is 0 Å². The molecule has 2 saturated heterocycles. The number of carbonyl (C=O) groups excluding carboxylic acids is 2. The Morgan fingerprint density at radius 1 is 1.06 bits per heavy atom. The number of likely N-dealkylation sites (N-methyl/N-ethyl adjacent to an activating group) is 1. The van der Waals surface area contributed by atoms with Crippen molar-refractivity contribution < 1.29 is 18.0 Å². The molecule has 0 aliphatic carbocycles. The number of anilines is 1. The van der Waals surface area contributed by atoms with Crippen molar-refractivity contribution in [1.82, 2.24) is 14.1 Å². The lowest BCUT2D eigenvalue weighted by Gasteiger charge is -2.33. The van der Waals surface area contributed by atoms with Gasteiger partial charge < -0.3 is 15.1 Å². The van der Waals surface area contributed by atoms with E-state index in [-0.39, 0.29) is 16.7 Å². The molecule has 3 heterocycles. The summed E-state index contributed by atoms with van der Waals surface area (Å²) in [6.07, 6.45) is 1.39. The van der Waals surface area contributed by atoms with Crippen LogP contribution in [-0.4, -0.2) is 79.6 Å². The minimum Gasteiger partial charge on any atom is -0.326 e. The fraction of sp³-hybridized carbons (Fsp3) is 0.455. The third kappa shape index (κ3) is 4.73. The van der Waals surface area contributed by atoms with Crippen LogP contribution in [0.2, 0.25) is 0 Å². The second kappa shape index (κ2) is 9.70. The Hall–Kier alpha value is -2.27. The first-order valence-corrected chi connectivity index (χ1v) is 13.2. The minimum atomic E-state index is -3.56. The molecule has 1 atom stereocenters. The lowest BCUT2D eigenvalue weighted by atomic mass is 10.2. The van der Waals surface area contributed by atoms with Crippen LogP contribution in [0.25, 0.3) is 0 Å². The zero-order valence-electron chi connectivity index (χ0n) is 18.1. The van der Waals surface area contributed by atoms with Gasteiger partial charge in [0.15, 0.2) is 0 Å². The molecular weight excluding hydrogens is 448 g/mol. The maximum Gasteiger partial charge on any atom is 0.264 e. The van der Waals surface area contributed by atoms with Crippen molar-refractivity contribution in [2.24, 2.45) is 0 Å². The van der Waals surface area contributed by atoms with E-state index < -0.39 is 16.1 Å². The zero-order chi connectivity index (χ0) is 22.7. The number of carbonyl (C=O) groups is 2. The normalized spacial score (nSPS) is 20.4. The van der Waals surface area contributed by atoms with Crippen molar-refractivity contribution in [3.8, 4) is 0 Å². The molecule has 0 radical (unpaired) electrons. The molecule has 4 rings (SSSR count). The summed E-state index contributed by atoms with van der Waals surface area (Å²) in [5.41, 5.74) is 0.514. The highest BCUT2D eigenvalue weighted by Gasteiger charge is 2.35. The Labute approximate surface area is 192 Å². The van der Waals surface area contributed by atoms with Crippen molar-refractivity contribution >= 4 is 38.9 Å². The third-order valence-electron chi connectivity index (χ3n) is 6.09. The highest BCUT2D eigenvalue weighted by atomic mass is 32.2. The highest BCUT2D eigenvalue weighted by Crippen LogP contribution is 2.24. The van der Waals surface area contributed by atoms with Crippen molar-refractivity contribution in [3.05, 3.63) is 46.7 Å². The second-order valence-electron chi connectivity index (χ2n) is 7.99. The summed E-state index contributed by atoms with van der Waals surface area (Å²) >= 11 is 1.37. The average Bonchev–Trinajstić information content (AvgIpc) is 3.51. The number of benzene rings is 1. The van der Waals surface area contributed by atoms with Gasteiger partial charge in [-0.2, -0.15) is 4.31 Å². The summed E-state index contributed by atoms with van der Waals surface area (Å²) in [6, 6.07) is 9.33. The molecular formula is C22H28N4O4S2. The summed E-state index contributed by atoms with van der Waals surface area (Å²) in [7, 11) is -3.56. The predicted molar refractivity (Wildman–Crippen MR) is 124 cm³/mol. The van der Waals surface area contributed by atoms with Crippen LogP contribution in [-0.2, 0) is 14.8 Å². The summed E-state index contributed by atoms with van der Waals surface area (Å²) in [4.78, 5) is 30.2. The lowest BCUT2D eigenvalue weighted by molar-refractivity contribution is -0.119. The van der Waals surface area contributed by atoms with Gasteiger partial charge in [-0.05, 0) is 55.1 Å². The van der Waals surface area contributed by atoms with Crippen LogP contribution in [0, 0.1) is 0 Å². The van der Waals surface area contributed by atoms with E-state index in [1.807, 2.05) is 11.4 Å². The number of hydrogen-bond acceptors (Lipinski definition) is 6. The fourth-order valence-corrected chi connectivity index (χ4v) is 6.30. The standard InChI is InChI=1S/C22H28N4O4S2/c1-2-24-12-14-25(15-13-24)32(29,30)18-9-7-17(8-10-18)23-21(27)19-5-3-11-26(19)22(28)20-6-4-16-31-20/h4,6-10,16,19H,2-3,5,11-15H2,1H3,(H,23,27). The first-order valence-electron chi connectivity index (χ1n) is 10.9. The third-order valence-corrected chi connectivity index (χ3v) is 8.86. The number of nitrogens with zero attached hydrogens (tertiary/aromatic N) is 3. The molecule has 1 N–H and O–H groups in total. The van der Waals surface area contributed by atoms with Gasteiger partial charge >= 0.3 is 0 Å². The average molecular weight is 477 g/mol. The Morgan fingerprint density at radius 3 is 2.41 bits per heavy atom. The zero-order valence-corrected chi connectivity index (χ0v) is 19.7. The van der Waals surface area contributed by atoms with Crippen molar-refractivity contribution in [2.45, 2.75) is 30.7 Å². The van der Waals surface area contributed by atoms with E-state index in [2.05, 4.69) is 17.1 Å². The Bertz CT molecular complexity index is 1050. The SMILES string of the molecule is CCN1CCN(S(=O)(=O)c2ccc(NC(=O)C3CCCN3C(=O)c3cccs3)cc2)CC1. The molecule has 1 aromatic heterocycles. The second-order valence-corrected chi connectivity index (χ2v) is 10.9. The largest absolute Gasteiger partial charge is 0.326 e. The van der Waals surface area contributed by atoms with E-state index in [0.29, 0.717) is 36.6 Å². The molecule has 2 aromatic rings. The number of rotatable bonds is 6. The maximum atomic E-state index is 12.9. The highest BCUT2D eigenvalue weighted by molar-refractivity contribution is 7.89. The Balaban J connectivity index is 1.40. The minimum absolute atomic E-state index is 0.123. The van der Waals surface area contributed by atoms with Gasteiger partial charge in [0.05, 0.1) is 9.77 Å². The van der Waals surface area contributed by atoms with E-state index in [1.54, 1.807) is 23.1 Å². The molecule has 2 aliphatic heterocycles. The van der Waals surface area contributed by atoms with Crippen LogP contribution < -0.4 is 5.32 Å². The van der Waals surface area contributed by atoms with Gasteiger partial charge in [0.2, 0.25) is 15.9 Å². The van der Waals surface area contributed by atoms with Gasteiger partial charge in [-0.1, -0.05) is 13.0 Å². The van der Waals surface area contributed by atoms with Gasteiger partial charge in [-0.15, -0.1) is 11.3 Å². The first kappa shape index (κ1) is 22.9. The van der Waals surface area contributed by atoms with Crippen LogP contribution in [0.5, 0.6) is 0 Å². The fourth-order valence-electron chi connectivity index (χ4n) is 4.20. The number of likely N-dealkylation sites (tertiary alicyclic amines) is 1. The summed E-state index contributed by atoms with van der Waals surface area (Å²) in [5.74, 6) is -0.374. The summed E-state index contributed by atoms with van der Waals surface area (Å²) < 4.78 is 27.4. The first-order chi connectivity index (χ1) is 15.4. The molecule has 10 heteroatoms.